The molecule has 2 aliphatic heterocycles. The Balaban J connectivity index is 1.57. The number of methoxy groups -OCH3 is 1. The van der Waals surface area contributed by atoms with Gasteiger partial charge in [0.05, 0.1) is 29.5 Å². The molecule has 0 atom stereocenters. The number of fused-ring (bicyclic) bond motifs is 3. The van der Waals surface area contributed by atoms with Crippen LogP contribution in [0.15, 0.2) is 59.6 Å². The van der Waals surface area contributed by atoms with Crippen molar-refractivity contribution in [3.05, 3.63) is 88.0 Å². The maximum Gasteiger partial charge on any atom is 0.336 e. The fourth-order valence-electron chi connectivity index (χ4n) is 5.24. The van der Waals surface area contributed by atoms with Gasteiger partial charge in [-0.25, -0.2) is 4.79 Å². The third-order valence-corrected chi connectivity index (χ3v) is 6.70. The van der Waals surface area contributed by atoms with Gasteiger partial charge in [-0.1, -0.05) is 24.3 Å². The summed E-state index contributed by atoms with van der Waals surface area (Å²) in [6, 6.07) is 15.7. The minimum absolute atomic E-state index is 0.0457. The molecule has 0 saturated carbocycles. The second-order valence-electron chi connectivity index (χ2n) is 10.8. The molecule has 0 fully saturated rings. The second-order valence-corrected chi connectivity index (χ2v) is 10.8. The molecule has 37 heavy (non-hydrogen) atoms. The molecule has 190 valence electrons. The molecule has 7 nitrogen and oxygen atoms in total. The van der Waals surface area contributed by atoms with Gasteiger partial charge >= 0.3 is 5.97 Å². The zero-order chi connectivity index (χ0) is 26.5. The van der Waals surface area contributed by atoms with Crippen LogP contribution >= 0.6 is 0 Å². The number of carboxylic acid groups (broad SMARTS) is 1. The smallest absolute Gasteiger partial charge is 0.336 e. The van der Waals surface area contributed by atoms with Crippen molar-refractivity contribution in [1.82, 2.24) is 0 Å². The molecule has 2 aliphatic rings. The molecule has 0 aliphatic carbocycles. The van der Waals surface area contributed by atoms with Crippen LogP contribution in [0.5, 0.6) is 11.5 Å². The number of carbonyl (C=O) groups excluding carboxylic acids is 1. The summed E-state index contributed by atoms with van der Waals surface area (Å²) in [6.45, 7) is 8.33. The average Bonchev–Trinajstić information content (AvgIpc) is 3.17. The lowest BCUT2D eigenvalue weighted by Gasteiger charge is -2.31. The van der Waals surface area contributed by atoms with Crippen molar-refractivity contribution in [3.63, 3.8) is 0 Å². The van der Waals surface area contributed by atoms with Crippen LogP contribution in [0.3, 0.4) is 0 Å². The van der Waals surface area contributed by atoms with Gasteiger partial charge in [-0.05, 0) is 70.0 Å². The van der Waals surface area contributed by atoms with Gasteiger partial charge < -0.3 is 19.9 Å². The first-order valence-corrected chi connectivity index (χ1v) is 12.2. The third kappa shape index (κ3) is 4.57. The summed E-state index contributed by atoms with van der Waals surface area (Å²) in [5, 5.41) is 12.3. The Morgan fingerprint density at radius 3 is 2.43 bits per heavy atom. The monoisotopic (exact) mass is 498 g/mol. The van der Waals surface area contributed by atoms with Crippen LogP contribution in [-0.4, -0.2) is 40.9 Å². The predicted molar refractivity (Wildman–Crippen MR) is 143 cm³/mol. The Morgan fingerprint density at radius 2 is 1.73 bits per heavy atom. The molecule has 7 heteroatoms. The van der Waals surface area contributed by atoms with Crippen molar-refractivity contribution in [2.24, 2.45) is 4.99 Å². The summed E-state index contributed by atoms with van der Waals surface area (Å²) in [4.78, 5) is 29.7. The maximum atomic E-state index is 13.0. The van der Waals surface area contributed by atoms with E-state index in [2.05, 4.69) is 39.1 Å². The Bertz CT molecular complexity index is 1470. The summed E-state index contributed by atoms with van der Waals surface area (Å²) >= 11 is 0. The van der Waals surface area contributed by atoms with Crippen LogP contribution in [0, 0.1) is 0 Å². The van der Waals surface area contributed by atoms with Crippen LogP contribution in [0.2, 0.25) is 0 Å². The summed E-state index contributed by atoms with van der Waals surface area (Å²) in [7, 11) is 1.66. The van der Waals surface area contributed by atoms with Crippen LogP contribution in [-0.2, 0) is 12.8 Å². The first-order chi connectivity index (χ1) is 17.5. The van der Waals surface area contributed by atoms with E-state index in [1.807, 2.05) is 18.2 Å². The van der Waals surface area contributed by atoms with E-state index >= 15 is 0 Å². The summed E-state index contributed by atoms with van der Waals surface area (Å²) in [5.41, 5.74) is 4.89. The summed E-state index contributed by atoms with van der Waals surface area (Å²) in [6.07, 6.45) is 1.49. The van der Waals surface area contributed by atoms with Crippen molar-refractivity contribution in [2.45, 2.75) is 51.7 Å². The minimum Gasteiger partial charge on any atom is -0.493 e. The van der Waals surface area contributed by atoms with Crippen LogP contribution < -0.4 is 14.8 Å². The van der Waals surface area contributed by atoms with Gasteiger partial charge in [-0.3, -0.25) is 9.79 Å². The Labute approximate surface area is 216 Å². The maximum absolute atomic E-state index is 13.0. The van der Waals surface area contributed by atoms with Crippen molar-refractivity contribution in [2.75, 3.05) is 12.4 Å². The lowest BCUT2D eigenvalue weighted by molar-refractivity contribution is 0.0692. The molecule has 0 aromatic heterocycles. The number of benzene rings is 3. The number of hydrogen-bond acceptors (Lipinski definition) is 5. The number of rotatable bonds is 5. The Kier molecular flexibility index (Phi) is 5.82. The zero-order valence-corrected chi connectivity index (χ0v) is 21.6. The highest BCUT2D eigenvalue weighted by Crippen LogP contribution is 2.47. The standard InChI is InChI=1S/C30H30N2O5/c1-29(2)15-18-14-23(36-5)26-22(16-30(3,4)37-26)24(18)25(32-29)17-9-8-10-19(13-17)31-27(33)20-11-6-7-12-21(20)28(34)35/h6-14H,15-16H2,1-5H3,(H,31,33)(H,34,35). The number of anilines is 1. The van der Waals surface area contributed by atoms with Gasteiger partial charge in [-0.15, -0.1) is 0 Å². The minimum atomic E-state index is -1.15. The molecule has 0 radical (unpaired) electrons. The highest BCUT2D eigenvalue weighted by molar-refractivity contribution is 6.17. The molecule has 3 aromatic rings. The van der Waals surface area contributed by atoms with Crippen molar-refractivity contribution < 1.29 is 24.2 Å². The van der Waals surface area contributed by atoms with Crippen LogP contribution in [0.4, 0.5) is 5.69 Å². The topological polar surface area (TPSA) is 97.2 Å². The average molecular weight is 499 g/mol. The van der Waals surface area contributed by atoms with Crippen molar-refractivity contribution in [1.29, 1.82) is 0 Å². The summed E-state index contributed by atoms with van der Waals surface area (Å²) < 4.78 is 12.0. The number of nitrogens with one attached hydrogen (secondary N) is 1. The normalized spacial score (nSPS) is 16.6. The molecule has 5 rings (SSSR count). The van der Waals surface area contributed by atoms with E-state index in [1.165, 1.54) is 12.1 Å². The molecule has 0 unspecified atom stereocenters. The van der Waals surface area contributed by atoms with Crippen molar-refractivity contribution in [3.8, 4) is 11.5 Å². The molecular formula is C30H30N2O5. The number of aromatic carboxylic acids is 1. The van der Waals surface area contributed by atoms with Crippen LogP contribution in [0.1, 0.15) is 70.7 Å². The molecule has 2 N–H and O–H groups in total. The largest absolute Gasteiger partial charge is 0.493 e. The van der Waals surface area contributed by atoms with E-state index < -0.39 is 11.9 Å². The van der Waals surface area contributed by atoms with Gasteiger partial charge in [-0.2, -0.15) is 0 Å². The number of hydrogen-bond donors (Lipinski definition) is 2. The zero-order valence-electron chi connectivity index (χ0n) is 21.6. The molecule has 0 bridgehead atoms. The molecule has 0 spiro atoms. The fourth-order valence-corrected chi connectivity index (χ4v) is 5.24. The number of carbonyl (C=O) groups is 2. The first kappa shape index (κ1) is 24.6. The number of aliphatic imine (C=N–C) groups is 1. The highest BCUT2D eigenvalue weighted by atomic mass is 16.5. The van der Waals surface area contributed by atoms with Gasteiger partial charge in [0.2, 0.25) is 0 Å². The van der Waals surface area contributed by atoms with E-state index in [0.717, 1.165) is 52.3 Å². The van der Waals surface area contributed by atoms with E-state index in [4.69, 9.17) is 14.5 Å². The van der Waals surface area contributed by atoms with Gasteiger partial charge in [0, 0.05) is 28.8 Å². The Hall–Kier alpha value is -4.13. The predicted octanol–water partition coefficient (Wildman–Crippen LogP) is 5.53. The molecule has 3 aromatic carbocycles. The molecule has 2 heterocycles. The number of ether oxygens (including phenoxy) is 2. The van der Waals surface area contributed by atoms with E-state index in [9.17, 15) is 14.7 Å². The number of amides is 1. The second kappa shape index (κ2) is 8.76. The van der Waals surface area contributed by atoms with Gasteiger partial charge in [0.25, 0.3) is 5.91 Å². The SMILES string of the molecule is COc1cc2c(c3c1OC(C)(C)C3)C(c1cccc(NC(=O)c3ccccc3C(=O)O)c1)=NC(C)(C)C2. The molecular weight excluding hydrogens is 468 g/mol. The van der Waals surface area contributed by atoms with Gasteiger partial charge in [0.15, 0.2) is 11.5 Å². The van der Waals surface area contributed by atoms with E-state index in [0.29, 0.717) is 5.69 Å². The number of nitrogens with zero attached hydrogens (tertiary/aromatic N) is 1. The Morgan fingerprint density at radius 1 is 1.00 bits per heavy atom. The highest BCUT2D eigenvalue weighted by Gasteiger charge is 2.39. The van der Waals surface area contributed by atoms with E-state index in [1.54, 1.807) is 25.3 Å². The van der Waals surface area contributed by atoms with E-state index in [-0.39, 0.29) is 22.3 Å². The van der Waals surface area contributed by atoms with Crippen LogP contribution in [0.25, 0.3) is 0 Å². The van der Waals surface area contributed by atoms with Crippen molar-refractivity contribution >= 4 is 23.3 Å². The third-order valence-electron chi connectivity index (χ3n) is 6.70. The first-order valence-electron chi connectivity index (χ1n) is 12.2. The molecule has 1 amide bonds. The van der Waals surface area contributed by atoms with Gasteiger partial charge in [0.1, 0.15) is 5.60 Å². The summed E-state index contributed by atoms with van der Waals surface area (Å²) in [5.74, 6) is -0.144. The fraction of sp³-hybridized carbons (Fsp3) is 0.300. The quantitative estimate of drug-likeness (QED) is 0.482. The lowest BCUT2D eigenvalue weighted by atomic mass is 9.81. The lowest BCUT2D eigenvalue weighted by Crippen LogP contribution is -2.30. The number of carboxylic acids is 1. The molecule has 0 saturated heterocycles.